The predicted octanol–water partition coefficient (Wildman–Crippen LogP) is 1.88. The van der Waals surface area contributed by atoms with E-state index in [2.05, 4.69) is 15.3 Å². The highest BCUT2D eigenvalue weighted by Crippen LogP contribution is 2.19. The average molecular weight is 312 g/mol. The van der Waals surface area contributed by atoms with Crippen LogP contribution in [0.5, 0.6) is 0 Å². The number of nitrogen functional groups attached to an aromatic ring is 1. The van der Waals surface area contributed by atoms with Crippen LogP contribution in [-0.4, -0.2) is 35.6 Å². The van der Waals surface area contributed by atoms with E-state index in [4.69, 9.17) is 10.5 Å². The van der Waals surface area contributed by atoms with E-state index in [0.29, 0.717) is 29.5 Å². The third kappa shape index (κ3) is 4.04. The van der Waals surface area contributed by atoms with Crippen LogP contribution in [0, 0.1) is 5.92 Å². The number of carbonyl (C=O) groups is 1. The van der Waals surface area contributed by atoms with Crippen LogP contribution in [0.25, 0.3) is 11.3 Å². The molecule has 1 saturated heterocycles. The first-order valence-electron chi connectivity index (χ1n) is 7.76. The van der Waals surface area contributed by atoms with Crippen LogP contribution in [0.3, 0.4) is 0 Å². The van der Waals surface area contributed by atoms with Crippen molar-refractivity contribution in [1.82, 2.24) is 15.3 Å². The zero-order chi connectivity index (χ0) is 16.1. The Morgan fingerprint density at radius 1 is 1.35 bits per heavy atom. The van der Waals surface area contributed by atoms with E-state index >= 15 is 0 Å². The topological polar surface area (TPSA) is 90.1 Å². The summed E-state index contributed by atoms with van der Waals surface area (Å²) >= 11 is 0. The van der Waals surface area contributed by atoms with Crippen LogP contribution in [0.4, 0.5) is 5.82 Å². The monoisotopic (exact) mass is 312 g/mol. The zero-order valence-corrected chi connectivity index (χ0v) is 12.9. The summed E-state index contributed by atoms with van der Waals surface area (Å²) in [7, 11) is 0. The second kappa shape index (κ2) is 7.19. The summed E-state index contributed by atoms with van der Waals surface area (Å²) in [6.45, 7) is 2.31. The molecule has 1 fully saturated rings. The molecule has 1 amide bonds. The van der Waals surface area contributed by atoms with E-state index in [9.17, 15) is 4.79 Å². The Bertz CT molecular complexity index is 684. The molecular weight excluding hydrogens is 292 g/mol. The molecular formula is C17H20N4O2. The molecule has 3 N–H and O–H groups in total. The lowest BCUT2D eigenvalue weighted by molar-refractivity contribution is 0.0950. The SMILES string of the molecule is Nc1cc(-c2cccc(C(=O)NCC[C@@H]3CCOC3)c2)ncn1. The minimum absolute atomic E-state index is 0.0761. The van der Waals surface area contributed by atoms with Crippen LogP contribution in [0.2, 0.25) is 0 Å². The molecule has 2 aromatic rings. The van der Waals surface area contributed by atoms with E-state index in [-0.39, 0.29) is 5.91 Å². The first-order valence-corrected chi connectivity index (χ1v) is 7.76. The highest BCUT2D eigenvalue weighted by molar-refractivity contribution is 5.95. The van der Waals surface area contributed by atoms with Crippen molar-refractivity contribution in [2.75, 3.05) is 25.5 Å². The third-order valence-electron chi connectivity index (χ3n) is 3.97. The molecule has 0 aliphatic carbocycles. The molecule has 23 heavy (non-hydrogen) atoms. The number of ether oxygens (including phenoxy) is 1. The maximum absolute atomic E-state index is 12.3. The lowest BCUT2D eigenvalue weighted by atomic mass is 10.0. The molecule has 6 nitrogen and oxygen atoms in total. The lowest BCUT2D eigenvalue weighted by Crippen LogP contribution is -2.26. The van der Waals surface area contributed by atoms with Gasteiger partial charge in [-0.3, -0.25) is 4.79 Å². The van der Waals surface area contributed by atoms with Crippen molar-refractivity contribution in [3.8, 4) is 11.3 Å². The Labute approximate surface area is 135 Å². The largest absolute Gasteiger partial charge is 0.384 e. The molecule has 0 radical (unpaired) electrons. The Kier molecular flexibility index (Phi) is 4.83. The van der Waals surface area contributed by atoms with Crippen LogP contribution < -0.4 is 11.1 Å². The number of hydrogen-bond donors (Lipinski definition) is 2. The number of carbonyl (C=O) groups excluding carboxylic acids is 1. The third-order valence-corrected chi connectivity index (χ3v) is 3.97. The predicted molar refractivity (Wildman–Crippen MR) is 87.8 cm³/mol. The van der Waals surface area contributed by atoms with E-state index in [1.54, 1.807) is 12.1 Å². The van der Waals surface area contributed by atoms with Crippen molar-refractivity contribution < 1.29 is 9.53 Å². The number of aromatic nitrogens is 2. The van der Waals surface area contributed by atoms with Crippen LogP contribution in [0.1, 0.15) is 23.2 Å². The molecule has 6 heteroatoms. The molecule has 1 aromatic heterocycles. The minimum Gasteiger partial charge on any atom is -0.384 e. The fourth-order valence-electron chi connectivity index (χ4n) is 2.65. The van der Waals surface area contributed by atoms with E-state index < -0.39 is 0 Å². The van der Waals surface area contributed by atoms with Crippen molar-refractivity contribution in [2.45, 2.75) is 12.8 Å². The Hall–Kier alpha value is -2.47. The van der Waals surface area contributed by atoms with E-state index in [1.807, 2.05) is 18.2 Å². The molecule has 1 aliphatic heterocycles. The number of hydrogen-bond acceptors (Lipinski definition) is 5. The van der Waals surface area contributed by atoms with Crippen LogP contribution in [-0.2, 0) is 4.74 Å². The van der Waals surface area contributed by atoms with E-state index in [1.165, 1.54) is 6.33 Å². The van der Waals surface area contributed by atoms with Crippen LogP contribution >= 0.6 is 0 Å². The zero-order valence-electron chi connectivity index (χ0n) is 12.9. The highest BCUT2D eigenvalue weighted by atomic mass is 16.5. The van der Waals surface area contributed by atoms with Gasteiger partial charge in [-0.2, -0.15) is 0 Å². The summed E-state index contributed by atoms with van der Waals surface area (Å²) in [4.78, 5) is 20.3. The van der Waals surface area contributed by atoms with Gasteiger partial charge in [0, 0.05) is 37.0 Å². The molecule has 1 atom stereocenters. The number of benzene rings is 1. The second-order valence-electron chi connectivity index (χ2n) is 5.68. The molecule has 0 saturated carbocycles. The Balaban J connectivity index is 1.63. The molecule has 1 aromatic carbocycles. The van der Waals surface area contributed by atoms with Gasteiger partial charge in [0.15, 0.2) is 0 Å². The van der Waals surface area contributed by atoms with Gasteiger partial charge in [0.2, 0.25) is 0 Å². The Morgan fingerprint density at radius 2 is 2.26 bits per heavy atom. The van der Waals surface area contributed by atoms with Crippen molar-refractivity contribution >= 4 is 11.7 Å². The number of nitrogens with two attached hydrogens (primary N) is 1. The first kappa shape index (κ1) is 15.4. The summed E-state index contributed by atoms with van der Waals surface area (Å²) in [5.41, 5.74) is 7.84. The second-order valence-corrected chi connectivity index (χ2v) is 5.68. The lowest BCUT2D eigenvalue weighted by Gasteiger charge is -2.09. The van der Waals surface area contributed by atoms with Crippen molar-refractivity contribution in [1.29, 1.82) is 0 Å². The number of rotatable bonds is 5. The summed E-state index contributed by atoms with van der Waals surface area (Å²) in [5, 5.41) is 2.96. The molecule has 3 rings (SSSR count). The van der Waals surface area contributed by atoms with Crippen LogP contribution in [0.15, 0.2) is 36.7 Å². The van der Waals surface area contributed by atoms with Crippen molar-refractivity contribution in [2.24, 2.45) is 5.92 Å². The van der Waals surface area contributed by atoms with E-state index in [0.717, 1.165) is 31.6 Å². The van der Waals surface area contributed by atoms with Gasteiger partial charge in [0.1, 0.15) is 12.1 Å². The summed E-state index contributed by atoms with van der Waals surface area (Å²) in [5.74, 6) is 0.891. The van der Waals surface area contributed by atoms with Gasteiger partial charge in [-0.1, -0.05) is 12.1 Å². The minimum atomic E-state index is -0.0761. The van der Waals surface area contributed by atoms with Gasteiger partial charge in [-0.15, -0.1) is 0 Å². The standard InChI is InChI=1S/C17H20N4O2/c18-16-9-15(20-11-21-16)13-2-1-3-14(8-13)17(22)19-6-4-12-5-7-23-10-12/h1-3,8-9,11-12H,4-7,10H2,(H,19,22)(H2,18,20,21)/t12-/m1/s1. The molecule has 0 unspecified atom stereocenters. The number of anilines is 1. The van der Waals surface area contributed by atoms with Gasteiger partial charge < -0.3 is 15.8 Å². The fourth-order valence-corrected chi connectivity index (χ4v) is 2.65. The molecule has 1 aliphatic rings. The molecule has 2 heterocycles. The molecule has 0 bridgehead atoms. The fraction of sp³-hybridized carbons (Fsp3) is 0.353. The van der Waals surface area contributed by atoms with Gasteiger partial charge in [0.25, 0.3) is 5.91 Å². The first-order chi connectivity index (χ1) is 11.2. The molecule has 0 spiro atoms. The summed E-state index contributed by atoms with van der Waals surface area (Å²) in [6.07, 6.45) is 3.45. The quantitative estimate of drug-likeness (QED) is 0.880. The maximum Gasteiger partial charge on any atom is 0.251 e. The average Bonchev–Trinajstić information content (AvgIpc) is 3.08. The highest BCUT2D eigenvalue weighted by Gasteiger charge is 2.15. The number of amides is 1. The number of nitrogens with one attached hydrogen (secondary N) is 1. The van der Waals surface area contributed by atoms with Gasteiger partial charge in [-0.05, 0) is 30.9 Å². The van der Waals surface area contributed by atoms with Gasteiger partial charge in [-0.25, -0.2) is 9.97 Å². The number of nitrogens with zero attached hydrogens (tertiary/aromatic N) is 2. The Morgan fingerprint density at radius 3 is 3.04 bits per heavy atom. The smallest absolute Gasteiger partial charge is 0.251 e. The normalized spacial score (nSPS) is 17.1. The maximum atomic E-state index is 12.3. The molecule has 120 valence electrons. The van der Waals surface area contributed by atoms with Gasteiger partial charge >= 0.3 is 0 Å². The van der Waals surface area contributed by atoms with Gasteiger partial charge in [0.05, 0.1) is 5.69 Å². The summed E-state index contributed by atoms with van der Waals surface area (Å²) in [6, 6.07) is 9.04. The van der Waals surface area contributed by atoms with Crippen molar-refractivity contribution in [3.63, 3.8) is 0 Å². The van der Waals surface area contributed by atoms with Crippen molar-refractivity contribution in [3.05, 3.63) is 42.2 Å². The summed E-state index contributed by atoms with van der Waals surface area (Å²) < 4.78 is 5.34.